The summed E-state index contributed by atoms with van der Waals surface area (Å²) in [6.07, 6.45) is 1.71. The first kappa shape index (κ1) is 22.8. The van der Waals surface area contributed by atoms with Gasteiger partial charge in [0.05, 0.1) is 17.2 Å². The van der Waals surface area contributed by atoms with Gasteiger partial charge in [-0.3, -0.25) is 4.79 Å². The van der Waals surface area contributed by atoms with E-state index >= 15 is 0 Å². The quantitative estimate of drug-likeness (QED) is 0.686. The number of benzene rings is 2. The normalized spacial score (nSPS) is 14.6. The molecule has 164 valence electrons. The van der Waals surface area contributed by atoms with Crippen LogP contribution in [0.5, 0.6) is 0 Å². The van der Waals surface area contributed by atoms with Crippen LogP contribution in [0.2, 0.25) is 0 Å². The number of piperidine rings is 1. The van der Waals surface area contributed by atoms with E-state index in [0.29, 0.717) is 27.9 Å². The standard InChI is InChI=1S/C25H31FN4O/c1-15(2)30(16(3)4)25(31)20-7-6-19(21-13-17(14-27)5-8-22(21)26)23(24(20)28)18-9-11-29-12-10-18/h5-8,13,15-16,18,29H,9-12,28H2,1-4H3. The Balaban J connectivity index is 2.21. The molecular formula is C25H31FN4O. The molecule has 0 atom stereocenters. The Kier molecular flexibility index (Phi) is 6.97. The van der Waals surface area contributed by atoms with E-state index in [-0.39, 0.29) is 23.9 Å². The fraction of sp³-hybridized carbons (Fsp3) is 0.440. The van der Waals surface area contributed by atoms with Crippen molar-refractivity contribution in [1.82, 2.24) is 10.2 Å². The summed E-state index contributed by atoms with van der Waals surface area (Å²) in [5.41, 5.74) is 9.74. The van der Waals surface area contributed by atoms with Crippen LogP contribution in [-0.4, -0.2) is 36.0 Å². The lowest BCUT2D eigenvalue weighted by molar-refractivity contribution is 0.0644. The molecule has 0 saturated carbocycles. The third-order valence-corrected chi connectivity index (χ3v) is 6.00. The monoisotopic (exact) mass is 422 g/mol. The Morgan fingerprint density at radius 2 is 1.77 bits per heavy atom. The van der Waals surface area contributed by atoms with Gasteiger partial charge in [0.15, 0.2) is 0 Å². The second-order valence-electron chi connectivity index (χ2n) is 8.72. The summed E-state index contributed by atoms with van der Waals surface area (Å²) >= 11 is 0. The molecule has 1 aliphatic heterocycles. The smallest absolute Gasteiger partial charge is 0.256 e. The summed E-state index contributed by atoms with van der Waals surface area (Å²) in [5, 5.41) is 12.6. The molecule has 31 heavy (non-hydrogen) atoms. The van der Waals surface area contributed by atoms with Gasteiger partial charge in [-0.15, -0.1) is 0 Å². The molecular weight excluding hydrogens is 391 g/mol. The number of hydrogen-bond acceptors (Lipinski definition) is 4. The summed E-state index contributed by atoms with van der Waals surface area (Å²) in [7, 11) is 0. The van der Waals surface area contributed by atoms with Crippen LogP contribution in [0.4, 0.5) is 10.1 Å². The molecule has 3 rings (SSSR count). The fourth-order valence-corrected chi connectivity index (χ4v) is 4.61. The second-order valence-corrected chi connectivity index (χ2v) is 8.72. The first-order valence-corrected chi connectivity index (χ1v) is 10.9. The van der Waals surface area contributed by atoms with Gasteiger partial charge >= 0.3 is 0 Å². The molecule has 2 aromatic carbocycles. The molecule has 0 bridgehead atoms. The van der Waals surface area contributed by atoms with E-state index in [1.807, 2.05) is 32.6 Å². The Morgan fingerprint density at radius 3 is 2.35 bits per heavy atom. The Labute approximate surface area is 184 Å². The summed E-state index contributed by atoms with van der Waals surface area (Å²) in [5.74, 6) is -0.408. The second kappa shape index (κ2) is 9.49. The first-order valence-electron chi connectivity index (χ1n) is 10.9. The molecule has 0 unspecified atom stereocenters. The van der Waals surface area contributed by atoms with Crippen molar-refractivity contribution in [2.75, 3.05) is 18.8 Å². The highest BCUT2D eigenvalue weighted by Crippen LogP contribution is 2.41. The number of amides is 1. The summed E-state index contributed by atoms with van der Waals surface area (Å²) in [4.78, 5) is 15.2. The van der Waals surface area contributed by atoms with E-state index in [0.717, 1.165) is 31.5 Å². The average Bonchev–Trinajstić information content (AvgIpc) is 2.74. The molecule has 2 aromatic rings. The van der Waals surface area contributed by atoms with Crippen LogP contribution in [-0.2, 0) is 0 Å². The van der Waals surface area contributed by atoms with Crippen molar-refractivity contribution < 1.29 is 9.18 Å². The number of carbonyl (C=O) groups is 1. The average molecular weight is 423 g/mol. The zero-order chi connectivity index (χ0) is 22.7. The van der Waals surface area contributed by atoms with Gasteiger partial charge in [-0.2, -0.15) is 5.26 Å². The van der Waals surface area contributed by atoms with Gasteiger partial charge in [-0.25, -0.2) is 4.39 Å². The van der Waals surface area contributed by atoms with E-state index < -0.39 is 5.82 Å². The molecule has 0 aliphatic carbocycles. The van der Waals surface area contributed by atoms with Gasteiger partial charge in [-0.05, 0) is 94.9 Å². The van der Waals surface area contributed by atoms with Crippen LogP contribution in [0, 0.1) is 17.1 Å². The largest absolute Gasteiger partial charge is 0.398 e. The van der Waals surface area contributed by atoms with Crippen LogP contribution in [0.1, 0.15) is 67.9 Å². The highest BCUT2D eigenvalue weighted by Gasteiger charge is 2.29. The molecule has 0 spiro atoms. The number of nitrogens with two attached hydrogens (primary N) is 1. The highest BCUT2D eigenvalue weighted by molar-refractivity contribution is 6.01. The number of nitrogens with one attached hydrogen (secondary N) is 1. The third-order valence-electron chi connectivity index (χ3n) is 6.00. The number of nitrogens with zero attached hydrogens (tertiary/aromatic N) is 2. The van der Waals surface area contributed by atoms with Gasteiger partial charge in [-0.1, -0.05) is 6.07 Å². The van der Waals surface area contributed by atoms with Crippen molar-refractivity contribution in [3.63, 3.8) is 0 Å². The van der Waals surface area contributed by atoms with E-state index in [1.54, 1.807) is 18.2 Å². The zero-order valence-electron chi connectivity index (χ0n) is 18.7. The molecule has 3 N–H and O–H groups in total. The molecule has 1 amide bonds. The van der Waals surface area contributed by atoms with Crippen LogP contribution >= 0.6 is 0 Å². The summed E-state index contributed by atoms with van der Waals surface area (Å²) in [6.45, 7) is 9.62. The van der Waals surface area contributed by atoms with Gasteiger partial charge in [0.25, 0.3) is 5.91 Å². The van der Waals surface area contributed by atoms with Crippen molar-refractivity contribution >= 4 is 11.6 Å². The molecule has 1 heterocycles. The number of nitriles is 1. The van der Waals surface area contributed by atoms with Crippen molar-refractivity contribution in [2.45, 2.75) is 58.5 Å². The van der Waals surface area contributed by atoms with Crippen molar-refractivity contribution in [2.24, 2.45) is 0 Å². The molecule has 0 aromatic heterocycles. The van der Waals surface area contributed by atoms with Gasteiger partial charge in [0.1, 0.15) is 5.82 Å². The number of anilines is 1. The van der Waals surface area contributed by atoms with Gasteiger partial charge in [0, 0.05) is 23.3 Å². The van der Waals surface area contributed by atoms with E-state index in [4.69, 9.17) is 5.73 Å². The highest BCUT2D eigenvalue weighted by atomic mass is 19.1. The van der Waals surface area contributed by atoms with Crippen LogP contribution in [0.15, 0.2) is 30.3 Å². The Morgan fingerprint density at radius 1 is 1.13 bits per heavy atom. The van der Waals surface area contributed by atoms with E-state index in [9.17, 15) is 14.4 Å². The number of rotatable bonds is 5. The predicted molar refractivity (Wildman–Crippen MR) is 122 cm³/mol. The molecule has 6 heteroatoms. The predicted octanol–water partition coefficient (Wildman–Crippen LogP) is 4.67. The molecule has 0 radical (unpaired) electrons. The molecule has 1 fully saturated rings. The first-order chi connectivity index (χ1) is 14.8. The van der Waals surface area contributed by atoms with Crippen LogP contribution in [0.3, 0.4) is 0 Å². The zero-order valence-corrected chi connectivity index (χ0v) is 18.7. The molecule has 1 aliphatic rings. The van der Waals surface area contributed by atoms with Gasteiger partial charge in [0.2, 0.25) is 0 Å². The minimum Gasteiger partial charge on any atom is -0.398 e. The van der Waals surface area contributed by atoms with Crippen LogP contribution in [0.25, 0.3) is 11.1 Å². The topological polar surface area (TPSA) is 82.2 Å². The molecule has 5 nitrogen and oxygen atoms in total. The number of hydrogen-bond donors (Lipinski definition) is 2. The van der Waals surface area contributed by atoms with Crippen molar-refractivity contribution in [3.8, 4) is 17.2 Å². The lowest BCUT2D eigenvalue weighted by Gasteiger charge is -2.33. The number of carbonyl (C=O) groups excluding carboxylic acids is 1. The number of halogens is 1. The maximum atomic E-state index is 14.8. The fourth-order valence-electron chi connectivity index (χ4n) is 4.61. The Hall–Kier alpha value is -2.91. The lowest BCUT2D eigenvalue weighted by atomic mass is 9.82. The van der Waals surface area contributed by atoms with Crippen molar-refractivity contribution in [3.05, 3.63) is 52.8 Å². The molecule has 1 saturated heterocycles. The maximum Gasteiger partial charge on any atom is 0.256 e. The minimum atomic E-state index is -0.404. The van der Waals surface area contributed by atoms with E-state index in [1.165, 1.54) is 12.1 Å². The number of nitrogen functional groups attached to an aromatic ring is 1. The van der Waals surface area contributed by atoms with E-state index in [2.05, 4.69) is 11.4 Å². The SMILES string of the molecule is CC(C)N(C(=O)c1ccc(-c2cc(C#N)ccc2F)c(C2CCNCC2)c1N)C(C)C. The van der Waals surface area contributed by atoms with Gasteiger partial charge < -0.3 is 16.0 Å². The third kappa shape index (κ3) is 4.57. The summed E-state index contributed by atoms with van der Waals surface area (Å²) in [6, 6.07) is 9.97. The maximum absolute atomic E-state index is 14.8. The Bertz CT molecular complexity index is 995. The minimum absolute atomic E-state index is 0.0265. The van der Waals surface area contributed by atoms with Crippen LogP contribution < -0.4 is 11.1 Å². The summed E-state index contributed by atoms with van der Waals surface area (Å²) < 4.78 is 14.8. The van der Waals surface area contributed by atoms with Crippen molar-refractivity contribution in [1.29, 1.82) is 5.26 Å². The lowest BCUT2D eigenvalue weighted by Crippen LogP contribution is -2.42.